The Kier molecular flexibility index (Phi) is 3.47. The number of benzene rings is 2. The standard InChI is InChI=1S/C16H16O2/c1-11-5-8-14(9-6-11)16(17)18-15-10-12(2)4-7-13(15)3/h4-10H,1-3H3. The summed E-state index contributed by atoms with van der Waals surface area (Å²) in [6.45, 7) is 5.89. The fourth-order valence-electron chi connectivity index (χ4n) is 1.67. The molecule has 2 aromatic rings. The van der Waals surface area contributed by atoms with Crippen molar-refractivity contribution in [2.75, 3.05) is 0 Å². The second-order valence-electron chi connectivity index (χ2n) is 4.52. The molecule has 0 aromatic heterocycles. The monoisotopic (exact) mass is 240 g/mol. The van der Waals surface area contributed by atoms with E-state index in [1.807, 2.05) is 51.1 Å². The van der Waals surface area contributed by atoms with E-state index in [1.54, 1.807) is 12.1 Å². The highest BCUT2D eigenvalue weighted by atomic mass is 16.5. The maximum atomic E-state index is 12.0. The van der Waals surface area contributed by atoms with Gasteiger partial charge >= 0.3 is 5.97 Å². The van der Waals surface area contributed by atoms with Gasteiger partial charge in [-0.1, -0.05) is 29.8 Å². The predicted octanol–water partition coefficient (Wildman–Crippen LogP) is 3.83. The van der Waals surface area contributed by atoms with E-state index in [0.717, 1.165) is 16.7 Å². The van der Waals surface area contributed by atoms with Crippen LogP contribution in [0.2, 0.25) is 0 Å². The number of carbonyl (C=O) groups is 1. The van der Waals surface area contributed by atoms with E-state index in [-0.39, 0.29) is 5.97 Å². The van der Waals surface area contributed by atoms with Gasteiger partial charge in [-0.25, -0.2) is 4.79 Å². The Morgan fingerprint density at radius 2 is 1.50 bits per heavy atom. The first kappa shape index (κ1) is 12.4. The van der Waals surface area contributed by atoms with Gasteiger partial charge in [0.15, 0.2) is 0 Å². The van der Waals surface area contributed by atoms with Crippen LogP contribution in [0.1, 0.15) is 27.0 Å². The van der Waals surface area contributed by atoms with Gasteiger partial charge in [-0.05, 0) is 50.1 Å². The highest BCUT2D eigenvalue weighted by molar-refractivity contribution is 5.91. The van der Waals surface area contributed by atoms with Gasteiger partial charge in [0.2, 0.25) is 0 Å². The molecular weight excluding hydrogens is 224 g/mol. The lowest BCUT2D eigenvalue weighted by molar-refractivity contribution is 0.0733. The molecule has 0 aliphatic heterocycles. The molecule has 0 N–H and O–H groups in total. The number of rotatable bonds is 2. The van der Waals surface area contributed by atoms with Crippen molar-refractivity contribution in [1.29, 1.82) is 0 Å². The van der Waals surface area contributed by atoms with Crippen molar-refractivity contribution in [3.05, 3.63) is 64.7 Å². The molecule has 0 saturated heterocycles. The Morgan fingerprint density at radius 3 is 2.17 bits per heavy atom. The molecule has 92 valence electrons. The summed E-state index contributed by atoms with van der Waals surface area (Å²) in [6.07, 6.45) is 0. The zero-order valence-corrected chi connectivity index (χ0v) is 10.9. The lowest BCUT2D eigenvalue weighted by Crippen LogP contribution is -2.09. The van der Waals surface area contributed by atoms with Gasteiger partial charge in [0.05, 0.1) is 5.56 Å². The van der Waals surface area contributed by atoms with Crippen LogP contribution in [0, 0.1) is 20.8 Å². The summed E-state index contributed by atoms with van der Waals surface area (Å²) in [5.41, 5.74) is 3.73. The second kappa shape index (κ2) is 5.05. The molecule has 0 radical (unpaired) electrons. The molecule has 2 heteroatoms. The molecule has 0 saturated carbocycles. The van der Waals surface area contributed by atoms with E-state index in [0.29, 0.717) is 11.3 Å². The zero-order valence-electron chi connectivity index (χ0n) is 10.9. The minimum Gasteiger partial charge on any atom is -0.423 e. The number of ether oxygens (including phenoxy) is 1. The molecule has 2 nitrogen and oxygen atoms in total. The number of aryl methyl sites for hydroxylation is 3. The van der Waals surface area contributed by atoms with Gasteiger partial charge in [0.1, 0.15) is 5.75 Å². The molecule has 0 aliphatic rings. The third-order valence-corrected chi connectivity index (χ3v) is 2.83. The van der Waals surface area contributed by atoms with Crippen molar-refractivity contribution < 1.29 is 9.53 Å². The van der Waals surface area contributed by atoms with Crippen molar-refractivity contribution in [2.24, 2.45) is 0 Å². The van der Waals surface area contributed by atoms with Gasteiger partial charge in [-0.15, -0.1) is 0 Å². The Morgan fingerprint density at radius 1 is 0.889 bits per heavy atom. The van der Waals surface area contributed by atoms with E-state index in [1.165, 1.54) is 0 Å². The average molecular weight is 240 g/mol. The van der Waals surface area contributed by atoms with Gasteiger partial charge < -0.3 is 4.74 Å². The smallest absolute Gasteiger partial charge is 0.343 e. The fraction of sp³-hybridized carbons (Fsp3) is 0.188. The van der Waals surface area contributed by atoms with Crippen LogP contribution < -0.4 is 4.74 Å². The van der Waals surface area contributed by atoms with E-state index < -0.39 is 0 Å². The molecule has 0 atom stereocenters. The molecule has 0 bridgehead atoms. The van der Waals surface area contributed by atoms with Crippen LogP contribution in [-0.2, 0) is 0 Å². The van der Waals surface area contributed by atoms with Gasteiger partial charge in [0, 0.05) is 0 Å². The molecule has 0 aliphatic carbocycles. The minimum atomic E-state index is -0.316. The summed E-state index contributed by atoms with van der Waals surface area (Å²) in [4.78, 5) is 12.0. The van der Waals surface area contributed by atoms with Crippen molar-refractivity contribution >= 4 is 5.97 Å². The molecule has 0 fully saturated rings. The highest BCUT2D eigenvalue weighted by Crippen LogP contribution is 2.20. The van der Waals surface area contributed by atoms with E-state index in [9.17, 15) is 4.79 Å². The Bertz CT molecular complexity index is 568. The number of hydrogen-bond acceptors (Lipinski definition) is 2. The maximum absolute atomic E-state index is 12.0. The van der Waals surface area contributed by atoms with Crippen LogP contribution in [0.4, 0.5) is 0 Å². The Hall–Kier alpha value is -2.09. The summed E-state index contributed by atoms with van der Waals surface area (Å²) >= 11 is 0. The summed E-state index contributed by atoms with van der Waals surface area (Å²) in [5.74, 6) is 0.310. The molecular formula is C16H16O2. The molecule has 2 aromatic carbocycles. The lowest BCUT2D eigenvalue weighted by atomic mass is 10.1. The first-order chi connectivity index (χ1) is 8.56. The number of hydrogen-bond donors (Lipinski definition) is 0. The van der Waals surface area contributed by atoms with Crippen molar-refractivity contribution in [1.82, 2.24) is 0 Å². The third-order valence-electron chi connectivity index (χ3n) is 2.83. The quantitative estimate of drug-likeness (QED) is 0.589. The first-order valence-corrected chi connectivity index (χ1v) is 5.92. The van der Waals surface area contributed by atoms with E-state index >= 15 is 0 Å². The largest absolute Gasteiger partial charge is 0.423 e. The van der Waals surface area contributed by atoms with Crippen molar-refractivity contribution in [2.45, 2.75) is 20.8 Å². The Balaban J connectivity index is 2.21. The summed E-state index contributed by atoms with van der Waals surface area (Å²) in [7, 11) is 0. The summed E-state index contributed by atoms with van der Waals surface area (Å²) in [6, 6.07) is 13.2. The molecule has 18 heavy (non-hydrogen) atoms. The maximum Gasteiger partial charge on any atom is 0.343 e. The summed E-state index contributed by atoms with van der Waals surface area (Å²) in [5, 5.41) is 0. The molecule has 0 amide bonds. The average Bonchev–Trinajstić information content (AvgIpc) is 2.34. The Labute approximate surface area is 107 Å². The van der Waals surface area contributed by atoms with Crippen LogP contribution in [0.25, 0.3) is 0 Å². The number of carbonyl (C=O) groups excluding carboxylic acids is 1. The zero-order chi connectivity index (χ0) is 13.1. The lowest BCUT2D eigenvalue weighted by Gasteiger charge is -2.08. The van der Waals surface area contributed by atoms with Crippen LogP contribution in [0.5, 0.6) is 5.75 Å². The van der Waals surface area contributed by atoms with Crippen molar-refractivity contribution in [3.63, 3.8) is 0 Å². The molecule has 0 heterocycles. The van der Waals surface area contributed by atoms with Crippen LogP contribution in [-0.4, -0.2) is 5.97 Å². The van der Waals surface area contributed by atoms with E-state index in [2.05, 4.69) is 0 Å². The SMILES string of the molecule is Cc1ccc(C(=O)Oc2cc(C)ccc2C)cc1. The summed E-state index contributed by atoms with van der Waals surface area (Å²) < 4.78 is 5.41. The van der Waals surface area contributed by atoms with Crippen molar-refractivity contribution in [3.8, 4) is 5.75 Å². The predicted molar refractivity (Wildman–Crippen MR) is 72.1 cm³/mol. The molecule has 0 unspecified atom stereocenters. The van der Waals surface area contributed by atoms with Crippen LogP contribution in [0.15, 0.2) is 42.5 Å². The fourth-order valence-corrected chi connectivity index (χ4v) is 1.67. The second-order valence-corrected chi connectivity index (χ2v) is 4.52. The normalized spacial score (nSPS) is 10.2. The molecule has 0 spiro atoms. The van der Waals surface area contributed by atoms with Crippen LogP contribution in [0.3, 0.4) is 0 Å². The minimum absolute atomic E-state index is 0.316. The third kappa shape index (κ3) is 2.77. The van der Waals surface area contributed by atoms with E-state index in [4.69, 9.17) is 4.74 Å². The first-order valence-electron chi connectivity index (χ1n) is 5.92. The van der Waals surface area contributed by atoms with Crippen LogP contribution >= 0.6 is 0 Å². The van der Waals surface area contributed by atoms with Gasteiger partial charge in [0.25, 0.3) is 0 Å². The molecule has 2 rings (SSSR count). The van der Waals surface area contributed by atoms with Gasteiger partial charge in [-0.3, -0.25) is 0 Å². The topological polar surface area (TPSA) is 26.3 Å². The van der Waals surface area contributed by atoms with Gasteiger partial charge in [-0.2, -0.15) is 0 Å². The number of esters is 1. The highest BCUT2D eigenvalue weighted by Gasteiger charge is 2.09.